The number of fused-ring (bicyclic) bond motifs is 2. The largest absolute Gasteiger partial charge is 0.493 e. The minimum Gasteiger partial charge on any atom is -0.493 e. The highest BCUT2D eigenvalue weighted by Crippen LogP contribution is 2.26. The average molecular weight is 344 g/mol. The van der Waals surface area contributed by atoms with Crippen molar-refractivity contribution >= 4 is 22.9 Å². The predicted molar refractivity (Wildman–Crippen MR) is 103 cm³/mol. The number of carbonyl (C=O) groups is 1. The van der Waals surface area contributed by atoms with Gasteiger partial charge in [-0.15, -0.1) is 0 Å². The van der Waals surface area contributed by atoms with E-state index >= 15 is 0 Å². The van der Waals surface area contributed by atoms with Crippen LogP contribution in [0.2, 0.25) is 0 Å². The lowest BCUT2D eigenvalue weighted by Gasteiger charge is -2.25. The molecule has 1 aliphatic rings. The summed E-state index contributed by atoms with van der Waals surface area (Å²) in [6.45, 7) is 1.24. The van der Waals surface area contributed by atoms with Crippen LogP contribution in [0.5, 0.6) is 5.75 Å². The summed E-state index contributed by atoms with van der Waals surface area (Å²) in [7, 11) is 0. The fourth-order valence-electron chi connectivity index (χ4n) is 3.25. The molecule has 0 spiro atoms. The van der Waals surface area contributed by atoms with Crippen molar-refractivity contribution in [2.45, 2.75) is 6.42 Å². The van der Waals surface area contributed by atoms with Crippen LogP contribution in [-0.2, 0) is 11.2 Å². The molecule has 0 fully saturated rings. The number of hydrogen-bond acceptors (Lipinski definition) is 3. The van der Waals surface area contributed by atoms with E-state index in [9.17, 15) is 4.79 Å². The van der Waals surface area contributed by atoms with Gasteiger partial charge in [-0.2, -0.15) is 0 Å². The van der Waals surface area contributed by atoms with E-state index in [2.05, 4.69) is 16.4 Å². The van der Waals surface area contributed by atoms with Crippen molar-refractivity contribution in [3.63, 3.8) is 0 Å². The number of rotatable bonds is 4. The normalized spacial score (nSPS) is 16.2. The van der Waals surface area contributed by atoms with Crippen LogP contribution >= 0.6 is 0 Å². The summed E-state index contributed by atoms with van der Waals surface area (Å²) in [5.41, 5.74) is 3.04. The topological polar surface area (TPSA) is 51.2 Å². The number of aromatic nitrogens is 1. The van der Waals surface area contributed by atoms with Gasteiger partial charge in [0.2, 0.25) is 5.91 Å². The number of amides is 1. The standard InChI is InChI=1S/C22H20N2O2/c25-21(11-10-18-7-3-6-17-8-4-12-23-22(17)18)24-14-16-13-19-5-1-2-9-20(19)26-15-16/h1-12,16H,13-15H2,(H,24,25)/b11-10+. The quantitative estimate of drug-likeness (QED) is 0.736. The number of benzene rings is 2. The SMILES string of the molecule is O=C(/C=C/c1cccc2cccnc12)NCC1COc2ccccc2C1. The van der Waals surface area contributed by atoms with Crippen LogP contribution in [0.15, 0.2) is 66.9 Å². The van der Waals surface area contributed by atoms with Gasteiger partial charge in [0, 0.05) is 35.7 Å². The van der Waals surface area contributed by atoms with Crippen LogP contribution in [-0.4, -0.2) is 24.0 Å². The summed E-state index contributed by atoms with van der Waals surface area (Å²) in [5.74, 6) is 1.15. The van der Waals surface area contributed by atoms with E-state index < -0.39 is 0 Å². The molecule has 1 aromatic heterocycles. The molecular weight excluding hydrogens is 324 g/mol. The Kier molecular flexibility index (Phi) is 4.65. The lowest BCUT2D eigenvalue weighted by molar-refractivity contribution is -0.116. The maximum Gasteiger partial charge on any atom is 0.244 e. The Bertz CT molecular complexity index is 960. The fraction of sp³-hybridized carbons (Fsp3) is 0.182. The molecule has 1 aliphatic heterocycles. The van der Waals surface area contributed by atoms with E-state index in [-0.39, 0.29) is 5.91 Å². The van der Waals surface area contributed by atoms with Gasteiger partial charge >= 0.3 is 0 Å². The second-order valence-electron chi connectivity index (χ2n) is 6.49. The third kappa shape index (κ3) is 3.59. The first kappa shape index (κ1) is 16.3. The van der Waals surface area contributed by atoms with Crippen LogP contribution in [0.3, 0.4) is 0 Å². The summed E-state index contributed by atoms with van der Waals surface area (Å²) >= 11 is 0. The van der Waals surface area contributed by atoms with Gasteiger partial charge in [-0.05, 0) is 30.2 Å². The molecule has 1 N–H and O–H groups in total. The lowest BCUT2D eigenvalue weighted by Crippen LogP contribution is -2.33. The molecule has 4 rings (SSSR count). The minimum absolute atomic E-state index is 0.100. The molecule has 0 aliphatic carbocycles. The molecule has 1 unspecified atom stereocenters. The molecule has 2 aromatic carbocycles. The summed E-state index contributed by atoms with van der Waals surface area (Å²) in [5, 5.41) is 4.04. The molecule has 26 heavy (non-hydrogen) atoms. The third-order valence-corrected chi connectivity index (χ3v) is 4.60. The van der Waals surface area contributed by atoms with Crippen molar-refractivity contribution < 1.29 is 9.53 Å². The molecule has 4 heteroatoms. The third-order valence-electron chi connectivity index (χ3n) is 4.60. The van der Waals surface area contributed by atoms with Gasteiger partial charge in [-0.3, -0.25) is 9.78 Å². The predicted octanol–water partition coefficient (Wildman–Crippen LogP) is 3.62. The van der Waals surface area contributed by atoms with E-state index in [4.69, 9.17) is 4.74 Å². The Labute approximate surface area is 152 Å². The zero-order valence-electron chi connectivity index (χ0n) is 14.4. The maximum atomic E-state index is 12.2. The van der Waals surface area contributed by atoms with Crippen molar-refractivity contribution in [2.75, 3.05) is 13.2 Å². The van der Waals surface area contributed by atoms with Crippen molar-refractivity contribution in [3.8, 4) is 5.75 Å². The first-order chi connectivity index (χ1) is 12.8. The monoisotopic (exact) mass is 344 g/mol. The molecule has 0 saturated carbocycles. The second kappa shape index (κ2) is 7.40. The molecule has 0 bridgehead atoms. The average Bonchev–Trinajstić information content (AvgIpc) is 2.70. The summed E-state index contributed by atoms with van der Waals surface area (Å²) in [6.07, 6.45) is 6.08. The maximum absolute atomic E-state index is 12.2. The lowest BCUT2D eigenvalue weighted by atomic mass is 9.97. The number of nitrogens with one attached hydrogen (secondary N) is 1. The molecule has 0 radical (unpaired) electrons. The van der Waals surface area contributed by atoms with E-state index in [1.165, 1.54) is 5.56 Å². The number of pyridine rings is 1. The highest BCUT2D eigenvalue weighted by atomic mass is 16.5. The highest BCUT2D eigenvalue weighted by molar-refractivity contribution is 5.95. The van der Waals surface area contributed by atoms with Crippen molar-refractivity contribution in [1.82, 2.24) is 10.3 Å². The number of carbonyl (C=O) groups excluding carboxylic acids is 1. The summed E-state index contributed by atoms with van der Waals surface area (Å²) in [4.78, 5) is 16.6. The Morgan fingerprint density at radius 2 is 2.04 bits per heavy atom. The van der Waals surface area contributed by atoms with Gasteiger partial charge in [-0.25, -0.2) is 0 Å². The van der Waals surface area contributed by atoms with Crippen LogP contribution in [0.1, 0.15) is 11.1 Å². The molecule has 1 atom stereocenters. The van der Waals surface area contributed by atoms with Gasteiger partial charge in [0.1, 0.15) is 5.75 Å². The molecule has 3 aromatic rings. The first-order valence-corrected chi connectivity index (χ1v) is 8.80. The van der Waals surface area contributed by atoms with Gasteiger partial charge < -0.3 is 10.1 Å². The van der Waals surface area contributed by atoms with Crippen molar-refractivity contribution in [3.05, 3.63) is 78.0 Å². The van der Waals surface area contributed by atoms with Crippen LogP contribution in [0, 0.1) is 5.92 Å². The van der Waals surface area contributed by atoms with Crippen LogP contribution < -0.4 is 10.1 Å². The van der Waals surface area contributed by atoms with Crippen molar-refractivity contribution in [2.24, 2.45) is 5.92 Å². The Balaban J connectivity index is 1.36. The molecule has 0 saturated heterocycles. The second-order valence-corrected chi connectivity index (χ2v) is 6.49. The van der Waals surface area contributed by atoms with E-state index in [0.717, 1.165) is 28.6 Å². The zero-order valence-corrected chi connectivity index (χ0v) is 14.4. The first-order valence-electron chi connectivity index (χ1n) is 8.80. The molecular formula is C22H20N2O2. The van der Waals surface area contributed by atoms with Gasteiger partial charge in [-0.1, -0.05) is 42.5 Å². The molecule has 2 heterocycles. The zero-order chi connectivity index (χ0) is 17.8. The Morgan fingerprint density at radius 1 is 1.15 bits per heavy atom. The fourth-order valence-corrected chi connectivity index (χ4v) is 3.25. The number of nitrogens with zero attached hydrogens (tertiary/aromatic N) is 1. The van der Waals surface area contributed by atoms with E-state index in [0.29, 0.717) is 19.1 Å². The highest BCUT2D eigenvalue weighted by Gasteiger charge is 2.19. The van der Waals surface area contributed by atoms with Gasteiger partial charge in [0.05, 0.1) is 12.1 Å². The number of para-hydroxylation sites is 2. The number of hydrogen-bond donors (Lipinski definition) is 1. The molecule has 4 nitrogen and oxygen atoms in total. The number of ether oxygens (including phenoxy) is 1. The Hall–Kier alpha value is -3.14. The van der Waals surface area contributed by atoms with Crippen molar-refractivity contribution in [1.29, 1.82) is 0 Å². The Morgan fingerprint density at radius 3 is 3.00 bits per heavy atom. The van der Waals surface area contributed by atoms with Gasteiger partial charge in [0.25, 0.3) is 0 Å². The molecule has 1 amide bonds. The van der Waals surface area contributed by atoms with Gasteiger partial charge in [0.15, 0.2) is 0 Å². The summed E-state index contributed by atoms with van der Waals surface area (Å²) < 4.78 is 5.77. The van der Waals surface area contributed by atoms with Crippen LogP contribution in [0.25, 0.3) is 17.0 Å². The minimum atomic E-state index is -0.100. The smallest absolute Gasteiger partial charge is 0.244 e. The summed E-state index contributed by atoms with van der Waals surface area (Å²) in [6, 6.07) is 17.9. The van der Waals surface area contributed by atoms with Crippen LogP contribution in [0.4, 0.5) is 0 Å². The molecule has 130 valence electrons. The van der Waals surface area contributed by atoms with E-state index in [1.807, 2.05) is 54.6 Å². The van der Waals surface area contributed by atoms with E-state index in [1.54, 1.807) is 12.3 Å².